The van der Waals surface area contributed by atoms with E-state index in [4.69, 9.17) is 0 Å². The first-order valence-electron chi connectivity index (χ1n) is 6.36. The maximum atomic E-state index is 9.24. The molecule has 1 aliphatic rings. The first-order valence-corrected chi connectivity index (χ1v) is 6.36. The maximum absolute atomic E-state index is 9.24. The van der Waals surface area contributed by atoms with Crippen molar-refractivity contribution in [3.05, 3.63) is 25.0 Å². The van der Waals surface area contributed by atoms with Crippen molar-refractivity contribution in [3.63, 3.8) is 0 Å². The Morgan fingerprint density at radius 2 is 2.44 bits per heavy atom. The van der Waals surface area contributed by atoms with Gasteiger partial charge in [0.15, 0.2) is 0 Å². The normalized spacial score (nSPS) is 19.6. The van der Waals surface area contributed by atoms with Gasteiger partial charge >= 0.3 is 0 Å². The van der Waals surface area contributed by atoms with Gasteiger partial charge in [-0.05, 0) is 18.8 Å². The lowest BCUT2D eigenvalue weighted by molar-refractivity contribution is 0.208. The highest BCUT2D eigenvalue weighted by Crippen LogP contribution is 2.22. The number of anilines is 2. The van der Waals surface area contributed by atoms with E-state index in [1.165, 1.54) is 0 Å². The third kappa shape index (κ3) is 3.20. The van der Waals surface area contributed by atoms with Crippen LogP contribution in [0.4, 0.5) is 11.6 Å². The number of nitrogens with one attached hydrogen (secondary N) is 1. The van der Waals surface area contributed by atoms with Crippen LogP contribution in [0.5, 0.6) is 0 Å². The standard InChI is InChI=1S/C13H20N4O/c1-2-5-14-12-7-13(16-10-15-12)17-6-3-4-11(8-17)9-18/h2,7,10-11,18H,1,3-6,8-9H2,(H,14,15,16). The molecule has 98 valence electrons. The molecule has 18 heavy (non-hydrogen) atoms. The van der Waals surface area contributed by atoms with E-state index in [1.807, 2.05) is 6.07 Å². The zero-order valence-electron chi connectivity index (χ0n) is 10.5. The van der Waals surface area contributed by atoms with Gasteiger partial charge in [0.05, 0.1) is 0 Å². The van der Waals surface area contributed by atoms with Crippen molar-refractivity contribution in [3.8, 4) is 0 Å². The maximum Gasteiger partial charge on any atom is 0.134 e. The Hall–Kier alpha value is -1.62. The number of aromatic nitrogens is 2. The molecule has 2 heterocycles. The van der Waals surface area contributed by atoms with E-state index in [9.17, 15) is 5.11 Å². The van der Waals surface area contributed by atoms with E-state index in [-0.39, 0.29) is 6.61 Å². The van der Waals surface area contributed by atoms with Crippen molar-refractivity contribution in [1.82, 2.24) is 9.97 Å². The Morgan fingerprint density at radius 1 is 1.56 bits per heavy atom. The molecule has 2 rings (SSSR count). The van der Waals surface area contributed by atoms with Crippen LogP contribution in [-0.4, -0.2) is 41.3 Å². The minimum Gasteiger partial charge on any atom is -0.396 e. The minimum absolute atomic E-state index is 0.253. The van der Waals surface area contributed by atoms with Gasteiger partial charge < -0.3 is 15.3 Å². The molecule has 1 saturated heterocycles. The predicted molar refractivity (Wildman–Crippen MR) is 72.7 cm³/mol. The molecule has 2 N–H and O–H groups in total. The van der Waals surface area contributed by atoms with Crippen LogP contribution in [0.1, 0.15) is 12.8 Å². The lowest BCUT2D eigenvalue weighted by Crippen LogP contribution is -2.37. The van der Waals surface area contributed by atoms with Crippen LogP contribution in [0.2, 0.25) is 0 Å². The monoisotopic (exact) mass is 248 g/mol. The summed E-state index contributed by atoms with van der Waals surface area (Å²) < 4.78 is 0. The zero-order chi connectivity index (χ0) is 12.8. The average molecular weight is 248 g/mol. The lowest BCUT2D eigenvalue weighted by Gasteiger charge is -2.32. The molecule has 0 aromatic carbocycles. The molecule has 0 bridgehead atoms. The zero-order valence-corrected chi connectivity index (χ0v) is 10.5. The molecule has 5 nitrogen and oxygen atoms in total. The number of aliphatic hydroxyl groups excluding tert-OH is 1. The third-order valence-corrected chi connectivity index (χ3v) is 3.18. The van der Waals surface area contributed by atoms with Gasteiger partial charge in [-0.25, -0.2) is 9.97 Å². The fraction of sp³-hybridized carbons (Fsp3) is 0.538. The molecule has 1 unspecified atom stereocenters. The van der Waals surface area contributed by atoms with Crippen molar-refractivity contribution in [2.75, 3.05) is 36.5 Å². The van der Waals surface area contributed by atoms with Crippen molar-refractivity contribution >= 4 is 11.6 Å². The van der Waals surface area contributed by atoms with E-state index >= 15 is 0 Å². The molecule has 1 fully saturated rings. The number of piperidine rings is 1. The second-order valence-electron chi connectivity index (χ2n) is 4.57. The Morgan fingerprint density at radius 3 is 3.22 bits per heavy atom. The molecule has 1 aliphatic heterocycles. The number of nitrogens with zero attached hydrogens (tertiary/aromatic N) is 3. The topological polar surface area (TPSA) is 61.3 Å². The molecule has 0 radical (unpaired) electrons. The van der Waals surface area contributed by atoms with Crippen LogP contribution in [0.25, 0.3) is 0 Å². The highest BCUT2D eigenvalue weighted by molar-refractivity contribution is 5.48. The summed E-state index contributed by atoms with van der Waals surface area (Å²) in [5, 5.41) is 12.4. The van der Waals surface area contributed by atoms with Crippen molar-refractivity contribution in [2.24, 2.45) is 5.92 Å². The summed E-state index contributed by atoms with van der Waals surface area (Å²) in [6.07, 6.45) is 5.57. The van der Waals surface area contributed by atoms with E-state index < -0.39 is 0 Å². The van der Waals surface area contributed by atoms with Gasteiger partial charge in [0.2, 0.25) is 0 Å². The smallest absolute Gasteiger partial charge is 0.134 e. The first kappa shape index (κ1) is 12.8. The average Bonchev–Trinajstić information content (AvgIpc) is 2.45. The molecular weight excluding hydrogens is 228 g/mol. The SMILES string of the molecule is C=CCNc1cc(N2CCCC(CO)C2)ncn1. The molecule has 0 spiro atoms. The molecular formula is C13H20N4O. The minimum atomic E-state index is 0.253. The fourth-order valence-electron chi connectivity index (χ4n) is 2.22. The Kier molecular flexibility index (Phi) is 4.52. The summed E-state index contributed by atoms with van der Waals surface area (Å²) in [7, 11) is 0. The van der Waals surface area contributed by atoms with Gasteiger partial charge in [0, 0.05) is 32.3 Å². The van der Waals surface area contributed by atoms with Crippen molar-refractivity contribution in [1.29, 1.82) is 0 Å². The molecule has 0 saturated carbocycles. The van der Waals surface area contributed by atoms with E-state index in [0.29, 0.717) is 12.5 Å². The van der Waals surface area contributed by atoms with E-state index in [0.717, 1.165) is 37.6 Å². The summed E-state index contributed by atoms with van der Waals surface area (Å²) in [5.41, 5.74) is 0. The fourth-order valence-corrected chi connectivity index (χ4v) is 2.22. The Labute approximate surface area is 108 Å². The van der Waals surface area contributed by atoms with Crippen LogP contribution in [0.3, 0.4) is 0 Å². The highest BCUT2D eigenvalue weighted by Gasteiger charge is 2.20. The van der Waals surface area contributed by atoms with E-state index in [2.05, 4.69) is 26.8 Å². The van der Waals surface area contributed by atoms with Crippen molar-refractivity contribution in [2.45, 2.75) is 12.8 Å². The summed E-state index contributed by atoms with van der Waals surface area (Å²) in [5.74, 6) is 2.10. The van der Waals surface area contributed by atoms with Gasteiger partial charge in [-0.1, -0.05) is 6.08 Å². The van der Waals surface area contributed by atoms with Crippen LogP contribution in [0, 0.1) is 5.92 Å². The summed E-state index contributed by atoms with van der Waals surface area (Å²) >= 11 is 0. The largest absolute Gasteiger partial charge is 0.396 e. The highest BCUT2D eigenvalue weighted by atomic mass is 16.3. The number of aliphatic hydroxyl groups is 1. The van der Waals surface area contributed by atoms with Crippen LogP contribution in [-0.2, 0) is 0 Å². The molecule has 5 heteroatoms. The van der Waals surface area contributed by atoms with Crippen LogP contribution >= 0.6 is 0 Å². The molecule has 1 aromatic heterocycles. The molecule has 1 aromatic rings. The lowest BCUT2D eigenvalue weighted by atomic mass is 9.99. The predicted octanol–water partition coefficient (Wildman–Crippen LogP) is 1.28. The van der Waals surface area contributed by atoms with Crippen LogP contribution in [0.15, 0.2) is 25.0 Å². The van der Waals surface area contributed by atoms with Gasteiger partial charge in [-0.15, -0.1) is 6.58 Å². The summed E-state index contributed by atoms with van der Waals surface area (Å²) in [6, 6.07) is 1.95. The quantitative estimate of drug-likeness (QED) is 0.769. The Bertz CT molecular complexity index is 396. The molecule has 0 aliphatic carbocycles. The van der Waals surface area contributed by atoms with E-state index in [1.54, 1.807) is 12.4 Å². The van der Waals surface area contributed by atoms with Gasteiger partial charge in [0.25, 0.3) is 0 Å². The second-order valence-corrected chi connectivity index (χ2v) is 4.57. The van der Waals surface area contributed by atoms with Gasteiger partial charge in [0.1, 0.15) is 18.0 Å². The van der Waals surface area contributed by atoms with Gasteiger partial charge in [-0.3, -0.25) is 0 Å². The second kappa shape index (κ2) is 6.35. The molecule has 0 amide bonds. The van der Waals surface area contributed by atoms with Gasteiger partial charge in [-0.2, -0.15) is 0 Å². The number of hydrogen-bond acceptors (Lipinski definition) is 5. The van der Waals surface area contributed by atoms with Crippen LogP contribution < -0.4 is 10.2 Å². The molecule has 1 atom stereocenters. The summed E-state index contributed by atoms with van der Waals surface area (Å²) in [6.45, 7) is 6.47. The number of rotatable bonds is 5. The van der Waals surface area contributed by atoms with Crippen molar-refractivity contribution < 1.29 is 5.11 Å². The first-order chi connectivity index (χ1) is 8.83. The number of hydrogen-bond donors (Lipinski definition) is 2. The third-order valence-electron chi connectivity index (χ3n) is 3.18. The summed E-state index contributed by atoms with van der Waals surface area (Å²) in [4.78, 5) is 10.7. The Balaban J connectivity index is 2.05.